The Labute approximate surface area is 150 Å². The second kappa shape index (κ2) is 8.48. The fourth-order valence-corrected chi connectivity index (χ4v) is 3.30. The molecular weight excluding hydrogens is 340 g/mol. The zero-order valence-electron chi connectivity index (χ0n) is 14.4. The molecule has 7 nitrogen and oxygen atoms in total. The van der Waals surface area contributed by atoms with Crippen molar-refractivity contribution in [3.8, 4) is 5.75 Å². The second-order valence-corrected chi connectivity index (χ2v) is 6.81. The van der Waals surface area contributed by atoms with Crippen LogP contribution in [-0.4, -0.2) is 35.1 Å². The summed E-state index contributed by atoms with van der Waals surface area (Å²) >= 11 is 1.56. The van der Waals surface area contributed by atoms with Gasteiger partial charge in [0.15, 0.2) is 0 Å². The molecule has 0 saturated heterocycles. The normalized spacial score (nSPS) is 11.6. The van der Waals surface area contributed by atoms with Crippen molar-refractivity contribution >= 4 is 23.3 Å². The number of aryl methyl sites for hydroxylation is 2. The van der Waals surface area contributed by atoms with Crippen LogP contribution in [-0.2, 0) is 0 Å². The van der Waals surface area contributed by atoms with E-state index in [1.54, 1.807) is 23.5 Å². The van der Waals surface area contributed by atoms with E-state index in [4.69, 9.17) is 0 Å². The highest BCUT2D eigenvalue weighted by Crippen LogP contribution is 2.24. The van der Waals surface area contributed by atoms with E-state index in [9.17, 15) is 14.7 Å². The van der Waals surface area contributed by atoms with Gasteiger partial charge in [0.1, 0.15) is 5.75 Å². The van der Waals surface area contributed by atoms with E-state index >= 15 is 0 Å². The van der Waals surface area contributed by atoms with E-state index in [-0.39, 0.29) is 42.4 Å². The van der Waals surface area contributed by atoms with Crippen LogP contribution >= 0.6 is 11.3 Å². The van der Waals surface area contributed by atoms with Crippen LogP contribution in [0.1, 0.15) is 38.9 Å². The Morgan fingerprint density at radius 3 is 2.52 bits per heavy atom. The summed E-state index contributed by atoms with van der Waals surface area (Å²) in [6.07, 6.45) is 0. The largest absolute Gasteiger partial charge is 0.507 e. The predicted octanol–water partition coefficient (Wildman–Crippen LogP) is 2.26. The van der Waals surface area contributed by atoms with Crippen molar-refractivity contribution in [1.82, 2.24) is 20.9 Å². The molecule has 25 heavy (non-hydrogen) atoms. The average molecular weight is 362 g/mol. The number of nitrogens with zero attached hydrogens (tertiary/aromatic N) is 1. The lowest BCUT2D eigenvalue weighted by Gasteiger charge is -2.14. The Morgan fingerprint density at radius 1 is 1.20 bits per heavy atom. The number of phenols is 1. The first-order chi connectivity index (χ1) is 11.9. The molecule has 1 unspecified atom stereocenters. The van der Waals surface area contributed by atoms with Crippen molar-refractivity contribution in [3.63, 3.8) is 0 Å². The van der Waals surface area contributed by atoms with Gasteiger partial charge in [-0.25, -0.2) is 9.78 Å². The summed E-state index contributed by atoms with van der Waals surface area (Å²) in [5.74, 6) is -0.459. The maximum absolute atomic E-state index is 11.9. The monoisotopic (exact) mass is 362 g/mol. The number of urea groups is 1. The van der Waals surface area contributed by atoms with E-state index < -0.39 is 0 Å². The number of rotatable bonds is 6. The molecule has 2 rings (SSSR count). The first-order valence-electron chi connectivity index (χ1n) is 7.93. The third kappa shape index (κ3) is 5.18. The van der Waals surface area contributed by atoms with Crippen LogP contribution in [0.15, 0.2) is 24.3 Å². The Kier molecular flexibility index (Phi) is 6.35. The minimum Gasteiger partial charge on any atom is -0.507 e. The summed E-state index contributed by atoms with van der Waals surface area (Å²) in [4.78, 5) is 29.2. The molecule has 8 heteroatoms. The number of hydrogen-bond acceptors (Lipinski definition) is 5. The lowest BCUT2D eigenvalue weighted by molar-refractivity contribution is 0.0951. The highest BCUT2D eigenvalue weighted by Gasteiger charge is 2.15. The number of benzene rings is 1. The smallest absolute Gasteiger partial charge is 0.315 e. The molecule has 1 heterocycles. The second-order valence-electron chi connectivity index (χ2n) is 5.58. The average Bonchev–Trinajstić information content (AvgIpc) is 2.90. The maximum atomic E-state index is 11.9. The van der Waals surface area contributed by atoms with Crippen molar-refractivity contribution in [2.24, 2.45) is 0 Å². The van der Waals surface area contributed by atoms with E-state index in [0.717, 1.165) is 15.6 Å². The number of aromatic nitrogens is 1. The molecule has 0 aliphatic carbocycles. The minimum absolute atomic E-state index is 0.0743. The summed E-state index contributed by atoms with van der Waals surface area (Å²) in [5, 5.41) is 18.8. The standard InChI is InChI=1S/C17H22N4O3S/c1-10-15(25-12(3)20-10)11(2)21-17(24)19-9-8-18-16(23)13-6-4-5-7-14(13)22/h4-7,11,22H,8-9H2,1-3H3,(H,18,23)(H2,19,21,24). The number of aromatic hydroxyl groups is 1. The lowest BCUT2D eigenvalue weighted by atomic mass is 10.2. The summed E-state index contributed by atoms with van der Waals surface area (Å²) in [7, 11) is 0. The first-order valence-corrected chi connectivity index (χ1v) is 8.74. The van der Waals surface area contributed by atoms with E-state index in [2.05, 4.69) is 20.9 Å². The molecule has 2 aromatic rings. The molecule has 0 saturated carbocycles. The Bertz CT molecular complexity index is 760. The van der Waals surface area contributed by atoms with Crippen molar-refractivity contribution in [2.45, 2.75) is 26.8 Å². The Balaban J connectivity index is 1.73. The first kappa shape index (κ1) is 18.7. The highest BCUT2D eigenvalue weighted by molar-refractivity contribution is 7.11. The fraction of sp³-hybridized carbons (Fsp3) is 0.353. The number of phenolic OH excluding ortho intramolecular Hbond substituents is 1. The van der Waals surface area contributed by atoms with Crippen molar-refractivity contribution in [3.05, 3.63) is 45.4 Å². The zero-order chi connectivity index (χ0) is 18.4. The third-order valence-electron chi connectivity index (χ3n) is 3.53. The van der Waals surface area contributed by atoms with Crippen LogP contribution in [0.2, 0.25) is 0 Å². The summed E-state index contributed by atoms with van der Waals surface area (Å²) < 4.78 is 0. The van der Waals surface area contributed by atoms with Crippen LogP contribution in [0.5, 0.6) is 5.75 Å². The van der Waals surface area contributed by atoms with Crippen molar-refractivity contribution in [2.75, 3.05) is 13.1 Å². The molecule has 0 spiro atoms. The van der Waals surface area contributed by atoms with Gasteiger partial charge in [0.25, 0.3) is 5.91 Å². The van der Waals surface area contributed by atoms with Gasteiger partial charge in [0, 0.05) is 18.0 Å². The number of amides is 3. The number of hydrogen-bond donors (Lipinski definition) is 4. The van der Waals surface area contributed by atoms with Gasteiger partial charge in [0.05, 0.1) is 22.3 Å². The summed E-state index contributed by atoms with van der Waals surface area (Å²) in [6, 6.07) is 5.85. The predicted molar refractivity (Wildman–Crippen MR) is 97.0 cm³/mol. The van der Waals surface area contributed by atoms with Gasteiger partial charge < -0.3 is 21.1 Å². The topological polar surface area (TPSA) is 103 Å². The number of thiazole rings is 1. The van der Waals surface area contributed by atoms with E-state index in [1.165, 1.54) is 12.1 Å². The van der Waals surface area contributed by atoms with Crippen LogP contribution in [0, 0.1) is 13.8 Å². The van der Waals surface area contributed by atoms with E-state index in [1.807, 2.05) is 20.8 Å². The molecule has 1 aromatic heterocycles. The van der Waals surface area contributed by atoms with Crippen LogP contribution in [0.25, 0.3) is 0 Å². The van der Waals surface area contributed by atoms with E-state index in [0.29, 0.717) is 0 Å². The molecule has 0 radical (unpaired) electrons. The SMILES string of the molecule is Cc1nc(C)c(C(C)NC(=O)NCCNC(=O)c2ccccc2O)s1. The number of carbonyl (C=O) groups excluding carboxylic acids is 2. The van der Waals surface area contributed by atoms with Crippen LogP contribution < -0.4 is 16.0 Å². The summed E-state index contributed by atoms with van der Waals surface area (Å²) in [6.45, 7) is 6.29. The van der Waals surface area contributed by atoms with Crippen LogP contribution in [0.4, 0.5) is 4.79 Å². The van der Waals surface area contributed by atoms with Crippen molar-refractivity contribution in [1.29, 1.82) is 0 Å². The Hall–Kier alpha value is -2.61. The molecule has 1 atom stereocenters. The molecule has 134 valence electrons. The Morgan fingerprint density at radius 2 is 1.88 bits per heavy atom. The van der Waals surface area contributed by atoms with Gasteiger partial charge >= 0.3 is 6.03 Å². The summed E-state index contributed by atoms with van der Waals surface area (Å²) in [5.41, 5.74) is 1.13. The maximum Gasteiger partial charge on any atom is 0.315 e. The molecular formula is C17H22N4O3S. The molecule has 0 fully saturated rings. The third-order valence-corrected chi connectivity index (χ3v) is 4.78. The molecule has 3 amide bonds. The fourth-order valence-electron chi connectivity index (χ4n) is 2.37. The molecule has 4 N–H and O–H groups in total. The molecule has 0 aliphatic rings. The minimum atomic E-state index is -0.385. The number of carbonyl (C=O) groups is 2. The van der Waals surface area contributed by atoms with Gasteiger partial charge in [-0.1, -0.05) is 12.1 Å². The zero-order valence-corrected chi connectivity index (χ0v) is 15.2. The lowest BCUT2D eigenvalue weighted by Crippen LogP contribution is -2.41. The van der Waals surface area contributed by atoms with Gasteiger partial charge in [-0.15, -0.1) is 11.3 Å². The van der Waals surface area contributed by atoms with Crippen LogP contribution in [0.3, 0.4) is 0 Å². The highest BCUT2D eigenvalue weighted by atomic mass is 32.1. The molecule has 1 aromatic carbocycles. The molecule has 0 bridgehead atoms. The van der Waals surface area contributed by atoms with Gasteiger partial charge in [-0.05, 0) is 32.9 Å². The quantitative estimate of drug-likeness (QED) is 0.592. The van der Waals surface area contributed by atoms with Gasteiger partial charge in [-0.3, -0.25) is 4.79 Å². The number of para-hydroxylation sites is 1. The van der Waals surface area contributed by atoms with Crippen molar-refractivity contribution < 1.29 is 14.7 Å². The molecule has 0 aliphatic heterocycles. The van der Waals surface area contributed by atoms with Gasteiger partial charge in [0.2, 0.25) is 0 Å². The van der Waals surface area contributed by atoms with Gasteiger partial charge in [-0.2, -0.15) is 0 Å². The number of nitrogens with one attached hydrogen (secondary N) is 3.